The molecule has 0 bridgehead atoms. The minimum atomic E-state index is 0. The largest absolute Gasteiger partial charge is 0.324 e. The maximum absolute atomic E-state index is 6.65. The smallest absolute Gasteiger partial charge is 0.0708 e. The fourth-order valence-electron chi connectivity index (χ4n) is 3.63. The number of halogens is 2. The van der Waals surface area contributed by atoms with E-state index in [1.165, 1.54) is 30.2 Å². The Bertz CT molecular complexity index is 691. The minimum absolute atomic E-state index is 0. The average Bonchev–Trinajstić information content (AvgIpc) is 2.59. The Morgan fingerprint density at radius 1 is 1.15 bits per heavy atom. The van der Waals surface area contributed by atoms with Crippen molar-refractivity contribution in [3.63, 3.8) is 0 Å². The van der Waals surface area contributed by atoms with Gasteiger partial charge in [0, 0.05) is 22.5 Å². The van der Waals surface area contributed by atoms with E-state index < -0.39 is 0 Å². The van der Waals surface area contributed by atoms with Gasteiger partial charge in [0.2, 0.25) is 0 Å². The van der Waals surface area contributed by atoms with Crippen molar-refractivity contribution in [2.75, 3.05) is 13.1 Å². The van der Waals surface area contributed by atoms with Gasteiger partial charge in [-0.05, 0) is 62.4 Å². The summed E-state index contributed by atoms with van der Waals surface area (Å²) in [6.07, 6.45) is 4.86. The maximum Gasteiger partial charge on any atom is 0.0708 e. The van der Waals surface area contributed by atoms with Crippen LogP contribution in [0.25, 0.3) is 10.9 Å². The molecule has 26 heavy (non-hydrogen) atoms. The summed E-state index contributed by atoms with van der Waals surface area (Å²) in [6, 6.07) is 10.8. The molecular weight excluding hydrogens is 365 g/mol. The molecule has 1 aliphatic heterocycles. The molecule has 2 heterocycles. The molecule has 2 aromatic rings. The lowest BCUT2D eigenvalue weighted by Gasteiger charge is -2.25. The lowest BCUT2D eigenvalue weighted by Crippen LogP contribution is -2.28. The van der Waals surface area contributed by atoms with E-state index in [2.05, 4.69) is 56.4 Å². The third-order valence-electron chi connectivity index (χ3n) is 5.26. The van der Waals surface area contributed by atoms with Crippen molar-refractivity contribution in [3.8, 4) is 0 Å². The number of piperidine rings is 1. The van der Waals surface area contributed by atoms with Crippen LogP contribution in [-0.2, 0) is 5.41 Å². The summed E-state index contributed by atoms with van der Waals surface area (Å²) in [5.41, 5.74) is 10.1. The number of hydrogen-bond acceptors (Lipinski definition) is 3. The fourth-order valence-corrected chi connectivity index (χ4v) is 3.63. The highest BCUT2D eigenvalue weighted by molar-refractivity contribution is 5.85. The summed E-state index contributed by atoms with van der Waals surface area (Å²) in [5, 5.41) is 4.65. The Hall–Kier alpha value is -0.870. The second kappa shape index (κ2) is 9.89. The zero-order valence-electron chi connectivity index (χ0n) is 16.1. The number of nitrogens with two attached hydrogens (primary N) is 1. The third-order valence-corrected chi connectivity index (χ3v) is 5.26. The molecule has 1 fully saturated rings. The van der Waals surface area contributed by atoms with Crippen LogP contribution in [0, 0.1) is 5.92 Å². The zero-order valence-corrected chi connectivity index (χ0v) is 17.8. The van der Waals surface area contributed by atoms with Gasteiger partial charge in [0.1, 0.15) is 0 Å². The van der Waals surface area contributed by atoms with Crippen molar-refractivity contribution >= 4 is 35.7 Å². The van der Waals surface area contributed by atoms with Gasteiger partial charge in [-0.1, -0.05) is 39.0 Å². The van der Waals surface area contributed by atoms with Crippen molar-refractivity contribution in [3.05, 3.63) is 41.6 Å². The molecule has 146 valence electrons. The Kier molecular flexibility index (Phi) is 8.81. The molecule has 3 nitrogen and oxygen atoms in total. The van der Waals surface area contributed by atoms with E-state index in [1.54, 1.807) is 0 Å². The summed E-state index contributed by atoms with van der Waals surface area (Å²) in [7, 11) is 0. The monoisotopic (exact) mass is 397 g/mol. The highest BCUT2D eigenvalue weighted by Gasteiger charge is 2.21. The molecule has 0 radical (unpaired) electrons. The SMILES string of the molecule is CC(C)(C)c1cc(C(N)CCC2CCNCC2)c2ccccc2n1.Cl.Cl. The fraction of sp³-hybridized carbons (Fsp3) is 0.571. The molecule has 1 aromatic heterocycles. The lowest BCUT2D eigenvalue weighted by molar-refractivity contribution is 0.338. The first-order valence-corrected chi connectivity index (χ1v) is 9.31. The van der Waals surface area contributed by atoms with Gasteiger partial charge in [0.25, 0.3) is 0 Å². The van der Waals surface area contributed by atoms with Gasteiger partial charge in [0.05, 0.1) is 5.52 Å². The van der Waals surface area contributed by atoms with Crippen LogP contribution in [-0.4, -0.2) is 18.1 Å². The number of nitrogens with one attached hydrogen (secondary N) is 1. The Morgan fingerprint density at radius 2 is 1.81 bits per heavy atom. The van der Waals surface area contributed by atoms with E-state index in [0.717, 1.165) is 36.6 Å². The number of nitrogens with zero attached hydrogens (tertiary/aromatic N) is 1. The summed E-state index contributed by atoms with van der Waals surface area (Å²) in [4.78, 5) is 4.88. The van der Waals surface area contributed by atoms with Crippen molar-refractivity contribution in [2.45, 2.75) is 57.9 Å². The van der Waals surface area contributed by atoms with Gasteiger partial charge in [-0.2, -0.15) is 0 Å². The van der Waals surface area contributed by atoms with Crippen molar-refractivity contribution in [1.82, 2.24) is 10.3 Å². The predicted molar refractivity (Wildman–Crippen MR) is 117 cm³/mol. The number of rotatable bonds is 4. The van der Waals surface area contributed by atoms with Crippen LogP contribution in [0.2, 0.25) is 0 Å². The lowest BCUT2D eigenvalue weighted by atomic mass is 9.86. The Labute approximate surface area is 170 Å². The van der Waals surface area contributed by atoms with E-state index in [-0.39, 0.29) is 36.3 Å². The van der Waals surface area contributed by atoms with E-state index >= 15 is 0 Å². The highest BCUT2D eigenvalue weighted by atomic mass is 35.5. The van der Waals surface area contributed by atoms with Gasteiger partial charge in [-0.3, -0.25) is 4.98 Å². The average molecular weight is 398 g/mol. The van der Waals surface area contributed by atoms with Crippen LogP contribution in [0.15, 0.2) is 30.3 Å². The Balaban J connectivity index is 0.00000169. The van der Waals surface area contributed by atoms with Crippen LogP contribution in [0.1, 0.15) is 63.8 Å². The maximum atomic E-state index is 6.65. The molecule has 1 atom stereocenters. The first-order valence-electron chi connectivity index (χ1n) is 9.31. The molecule has 0 amide bonds. The molecule has 3 N–H and O–H groups in total. The summed E-state index contributed by atoms with van der Waals surface area (Å²) < 4.78 is 0. The van der Waals surface area contributed by atoms with Gasteiger partial charge >= 0.3 is 0 Å². The van der Waals surface area contributed by atoms with Gasteiger partial charge in [-0.15, -0.1) is 24.8 Å². The number of para-hydroxylation sites is 1. The van der Waals surface area contributed by atoms with Crippen LogP contribution in [0.5, 0.6) is 0 Å². The number of benzene rings is 1. The molecule has 5 heteroatoms. The molecule has 0 saturated carbocycles. The molecular formula is C21H33Cl2N3. The van der Waals surface area contributed by atoms with Crippen molar-refractivity contribution in [1.29, 1.82) is 0 Å². The summed E-state index contributed by atoms with van der Waals surface area (Å²) in [6.45, 7) is 8.97. The number of hydrogen-bond donors (Lipinski definition) is 2. The predicted octanol–water partition coefficient (Wildman–Crippen LogP) is 5.16. The minimum Gasteiger partial charge on any atom is -0.324 e. The van der Waals surface area contributed by atoms with Gasteiger partial charge in [0.15, 0.2) is 0 Å². The number of aromatic nitrogens is 1. The highest BCUT2D eigenvalue weighted by Crippen LogP contribution is 2.31. The topological polar surface area (TPSA) is 50.9 Å². The van der Waals surface area contributed by atoms with E-state index in [4.69, 9.17) is 10.7 Å². The third kappa shape index (κ3) is 5.56. The standard InChI is InChI=1S/C21H31N3.2ClH/c1-21(2,3)20-14-17(16-6-4-5-7-19(16)24-20)18(22)9-8-15-10-12-23-13-11-15;;/h4-7,14-15,18,23H,8-13,22H2,1-3H3;2*1H. The molecule has 1 saturated heterocycles. The molecule has 1 aliphatic rings. The second-order valence-corrected chi connectivity index (χ2v) is 8.24. The number of fused-ring (bicyclic) bond motifs is 1. The molecule has 1 aromatic carbocycles. The van der Waals surface area contributed by atoms with E-state index in [9.17, 15) is 0 Å². The first kappa shape index (κ1) is 23.2. The zero-order chi connectivity index (χ0) is 17.2. The van der Waals surface area contributed by atoms with Crippen LogP contribution in [0.3, 0.4) is 0 Å². The van der Waals surface area contributed by atoms with E-state index in [1.807, 2.05) is 0 Å². The van der Waals surface area contributed by atoms with E-state index in [0.29, 0.717) is 0 Å². The second-order valence-electron chi connectivity index (χ2n) is 8.24. The number of pyridine rings is 1. The molecule has 0 spiro atoms. The van der Waals surface area contributed by atoms with Crippen LogP contribution >= 0.6 is 24.8 Å². The summed E-state index contributed by atoms with van der Waals surface area (Å²) in [5.74, 6) is 0.826. The normalized spacial score (nSPS) is 16.6. The van der Waals surface area contributed by atoms with Gasteiger partial charge in [-0.25, -0.2) is 0 Å². The molecule has 1 unspecified atom stereocenters. The molecule has 3 rings (SSSR count). The van der Waals surface area contributed by atoms with Gasteiger partial charge < -0.3 is 11.1 Å². The van der Waals surface area contributed by atoms with Crippen LogP contribution < -0.4 is 11.1 Å². The van der Waals surface area contributed by atoms with Crippen molar-refractivity contribution < 1.29 is 0 Å². The summed E-state index contributed by atoms with van der Waals surface area (Å²) >= 11 is 0. The quantitative estimate of drug-likeness (QED) is 0.748. The Morgan fingerprint density at radius 3 is 2.46 bits per heavy atom. The molecule has 0 aliphatic carbocycles. The van der Waals surface area contributed by atoms with Crippen LogP contribution in [0.4, 0.5) is 0 Å². The first-order chi connectivity index (χ1) is 11.4. The van der Waals surface area contributed by atoms with Crippen molar-refractivity contribution in [2.24, 2.45) is 11.7 Å².